The summed E-state index contributed by atoms with van der Waals surface area (Å²) in [6.07, 6.45) is 5.03. The van der Waals surface area contributed by atoms with Crippen LogP contribution in [0.4, 0.5) is 4.39 Å². The summed E-state index contributed by atoms with van der Waals surface area (Å²) in [6, 6.07) is 0. The second-order valence-electron chi connectivity index (χ2n) is 5.69. The molecule has 27 heavy (non-hydrogen) atoms. The van der Waals surface area contributed by atoms with Crippen LogP contribution in [0.3, 0.4) is 0 Å². The first-order valence-corrected chi connectivity index (χ1v) is 8.57. The molecule has 1 rings (SSSR count). The molecule has 0 aromatic carbocycles. The van der Waals surface area contributed by atoms with E-state index in [1.165, 1.54) is 32.1 Å². The van der Waals surface area contributed by atoms with Crippen LogP contribution < -0.4 is 21.7 Å². The Bertz CT molecular complexity index is 711. The predicted molar refractivity (Wildman–Crippen MR) is 103 cm³/mol. The van der Waals surface area contributed by atoms with Gasteiger partial charge in [-0.25, -0.2) is 4.39 Å². The molecular weight excluding hydrogens is 375 g/mol. The molecule has 0 fully saturated rings. The van der Waals surface area contributed by atoms with E-state index >= 15 is 0 Å². The van der Waals surface area contributed by atoms with E-state index in [2.05, 4.69) is 22.5 Å². The van der Waals surface area contributed by atoms with E-state index in [0.29, 0.717) is 23.5 Å². The van der Waals surface area contributed by atoms with Crippen LogP contribution in [0.15, 0.2) is 58.8 Å². The summed E-state index contributed by atoms with van der Waals surface area (Å²) in [7, 11) is 0. The number of halogens is 2. The molecule has 1 heterocycles. The summed E-state index contributed by atoms with van der Waals surface area (Å²) in [5.74, 6) is -0.234. The molecule has 0 unspecified atom stereocenters. The molecule has 0 saturated heterocycles. The zero-order chi connectivity index (χ0) is 20.4. The predicted octanol–water partition coefficient (Wildman–Crippen LogP) is 1.46. The van der Waals surface area contributed by atoms with Gasteiger partial charge in [-0.05, 0) is 24.6 Å². The molecule has 0 bridgehead atoms. The Morgan fingerprint density at radius 3 is 2.85 bits per heavy atom. The SMILES string of the molecule is C=C/C(=C\C(Cl)=C(/N)OC[C@@H](C)F)CNC(=O)C1=CCNC(NC(C)=O)=C1. The number of rotatable bonds is 9. The fraction of sp³-hybridized carbons (Fsp3) is 0.333. The topological polar surface area (TPSA) is 105 Å². The highest BCUT2D eigenvalue weighted by molar-refractivity contribution is 6.31. The minimum atomic E-state index is -1.18. The van der Waals surface area contributed by atoms with Crippen molar-refractivity contribution < 1.29 is 18.7 Å². The van der Waals surface area contributed by atoms with Gasteiger partial charge in [0.15, 0.2) is 0 Å². The van der Waals surface area contributed by atoms with Crippen molar-refractivity contribution in [1.82, 2.24) is 16.0 Å². The lowest BCUT2D eigenvalue weighted by Gasteiger charge is -2.16. The number of hydrogen-bond donors (Lipinski definition) is 4. The lowest BCUT2D eigenvalue weighted by atomic mass is 10.1. The van der Waals surface area contributed by atoms with Crippen LogP contribution in [0, 0.1) is 0 Å². The summed E-state index contributed by atoms with van der Waals surface area (Å²) in [6.45, 7) is 6.71. The summed E-state index contributed by atoms with van der Waals surface area (Å²) in [4.78, 5) is 23.4. The fourth-order valence-electron chi connectivity index (χ4n) is 1.94. The van der Waals surface area contributed by atoms with Crippen LogP contribution in [0.2, 0.25) is 0 Å². The van der Waals surface area contributed by atoms with Crippen molar-refractivity contribution >= 4 is 23.4 Å². The highest BCUT2D eigenvalue weighted by Gasteiger charge is 2.13. The quantitative estimate of drug-likeness (QED) is 0.347. The molecule has 0 aromatic rings. The maximum Gasteiger partial charge on any atom is 0.251 e. The summed E-state index contributed by atoms with van der Waals surface area (Å²) >= 11 is 6.02. The maximum atomic E-state index is 12.8. The Morgan fingerprint density at radius 2 is 2.26 bits per heavy atom. The summed E-state index contributed by atoms with van der Waals surface area (Å²) < 4.78 is 17.8. The van der Waals surface area contributed by atoms with Gasteiger partial charge in [0.2, 0.25) is 11.8 Å². The summed E-state index contributed by atoms with van der Waals surface area (Å²) in [5.41, 5.74) is 6.61. The van der Waals surface area contributed by atoms with Gasteiger partial charge in [-0.2, -0.15) is 0 Å². The highest BCUT2D eigenvalue weighted by Crippen LogP contribution is 2.13. The van der Waals surface area contributed by atoms with Crippen LogP contribution in [0.5, 0.6) is 0 Å². The van der Waals surface area contributed by atoms with Gasteiger partial charge in [-0.15, -0.1) is 0 Å². The largest absolute Gasteiger partial charge is 0.475 e. The number of hydrogen-bond acceptors (Lipinski definition) is 5. The molecule has 9 heteroatoms. The second-order valence-corrected chi connectivity index (χ2v) is 6.10. The van der Waals surface area contributed by atoms with E-state index in [9.17, 15) is 14.0 Å². The minimum Gasteiger partial charge on any atom is -0.475 e. The van der Waals surface area contributed by atoms with Crippen LogP contribution in [0.25, 0.3) is 0 Å². The zero-order valence-electron chi connectivity index (χ0n) is 15.3. The Morgan fingerprint density at radius 1 is 1.56 bits per heavy atom. The highest BCUT2D eigenvalue weighted by atomic mass is 35.5. The first-order valence-electron chi connectivity index (χ1n) is 8.19. The van der Waals surface area contributed by atoms with E-state index in [1.807, 2.05) is 0 Å². The molecule has 5 N–H and O–H groups in total. The van der Waals surface area contributed by atoms with Crippen molar-refractivity contribution in [2.24, 2.45) is 5.73 Å². The number of nitrogens with one attached hydrogen (secondary N) is 3. The molecular formula is C18H24ClFN4O3. The Labute approximate surface area is 162 Å². The van der Waals surface area contributed by atoms with Gasteiger partial charge in [0.1, 0.15) is 23.6 Å². The molecule has 0 saturated carbocycles. The number of alkyl halides is 1. The van der Waals surface area contributed by atoms with Crippen LogP contribution >= 0.6 is 11.6 Å². The van der Waals surface area contributed by atoms with Crippen molar-refractivity contribution in [1.29, 1.82) is 0 Å². The van der Waals surface area contributed by atoms with Crippen LogP contribution in [-0.4, -0.2) is 37.7 Å². The summed E-state index contributed by atoms with van der Waals surface area (Å²) in [5, 5.41) is 8.32. The molecule has 2 amide bonds. The fourth-order valence-corrected chi connectivity index (χ4v) is 2.13. The molecule has 1 aliphatic rings. The molecule has 0 aliphatic carbocycles. The Balaban J connectivity index is 2.71. The molecule has 1 atom stereocenters. The second kappa shape index (κ2) is 11.1. The lowest BCUT2D eigenvalue weighted by Crippen LogP contribution is -2.34. The minimum absolute atomic E-state index is 0.0775. The third kappa shape index (κ3) is 8.46. The third-order valence-electron chi connectivity index (χ3n) is 3.22. The maximum absolute atomic E-state index is 12.8. The molecule has 0 aromatic heterocycles. The monoisotopic (exact) mass is 398 g/mol. The molecule has 0 spiro atoms. The van der Waals surface area contributed by atoms with Gasteiger partial charge in [0.05, 0.1) is 0 Å². The van der Waals surface area contributed by atoms with Gasteiger partial charge in [0.25, 0.3) is 5.91 Å². The molecule has 0 radical (unpaired) electrons. The van der Waals surface area contributed by atoms with Gasteiger partial charge in [-0.3, -0.25) is 9.59 Å². The van der Waals surface area contributed by atoms with Gasteiger partial charge < -0.3 is 26.4 Å². The zero-order valence-corrected chi connectivity index (χ0v) is 16.0. The van der Waals surface area contributed by atoms with E-state index in [-0.39, 0.29) is 35.9 Å². The normalized spacial score (nSPS) is 16.1. The molecule has 148 valence electrons. The average molecular weight is 399 g/mol. The van der Waals surface area contributed by atoms with Crippen LogP contribution in [-0.2, 0) is 14.3 Å². The Kier molecular flexibility index (Phi) is 9.15. The first-order chi connectivity index (χ1) is 12.7. The number of amides is 2. The first kappa shape index (κ1) is 22.3. The van der Waals surface area contributed by atoms with E-state index in [4.69, 9.17) is 22.1 Å². The number of carbonyl (C=O) groups is 2. The standard InChI is InChI=1S/C18H24ClFN4O3/c1-4-13(7-15(19)17(21)27-10-11(2)20)9-23-18(26)14-5-6-22-16(8-14)24-12(3)25/h4-5,7-8,11,22H,1,6,9-10,21H2,2-3H3,(H,23,26)(H,24,25)/b13-7+,17-15-/t11-/m1/s1. The number of nitrogens with two attached hydrogens (primary N) is 1. The van der Waals surface area contributed by atoms with Gasteiger partial charge >= 0.3 is 0 Å². The van der Waals surface area contributed by atoms with Crippen molar-refractivity contribution in [3.63, 3.8) is 0 Å². The average Bonchev–Trinajstić information content (AvgIpc) is 2.62. The Hall–Kier alpha value is -2.74. The number of ether oxygens (including phenoxy) is 1. The molecule has 1 aliphatic heterocycles. The number of carbonyl (C=O) groups excluding carboxylic acids is 2. The smallest absolute Gasteiger partial charge is 0.251 e. The van der Waals surface area contributed by atoms with Crippen molar-refractivity contribution in [3.8, 4) is 0 Å². The van der Waals surface area contributed by atoms with Crippen molar-refractivity contribution in [2.45, 2.75) is 20.0 Å². The van der Waals surface area contributed by atoms with E-state index in [1.54, 1.807) is 6.08 Å². The van der Waals surface area contributed by atoms with Crippen molar-refractivity contribution in [2.75, 3.05) is 19.7 Å². The third-order valence-corrected chi connectivity index (χ3v) is 3.51. The molecule has 7 nitrogen and oxygen atoms in total. The van der Waals surface area contributed by atoms with E-state index in [0.717, 1.165) is 0 Å². The number of dihydropyridines is 1. The lowest BCUT2D eigenvalue weighted by molar-refractivity contribution is -0.119. The van der Waals surface area contributed by atoms with Crippen molar-refractivity contribution in [3.05, 3.63) is 58.8 Å². The van der Waals surface area contributed by atoms with E-state index < -0.39 is 6.17 Å². The van der Waals surface area contributed by atoms with Crippen LogP contribution in [0.1, 0.15) is 13.8 Å². The van der Waals surface area contributed by atoms with Gasteiger partial charge in [-0.1, -0.05) is 30.3 Å². The van der Waals surface area contributed by atoms with Gasteiger partial charge in [0, 0.05) is 25.6 Å². The number of allylic oxidation sites excluding steroid dienone is 2.